The molecule has 0 radical (unpaired) electrons. The van der Waals surface area contributed by atoms with Crippen LogP contribution in [0.2, 0.25) is 0 Å². The molecule has 2 N–H and O–H groups in total. The van der Waals surface area contributed by atoms with Crippen molar-refractivity contribution in [3.05, 3.63) is 36.4 Å². The lowest BCUT2D eigenvalue weighted by Gasteiger charge is -2.25. The van der Waals surface area contributed by atoms with E-state index in [9.17, 15) is 18.0 Å². The predicted octanol–water partition coefficient (Wildman–Crippen LogP) is 4.71. The Morgan fingerprint density at radius 3 is 2.66 bits per heavy atom. The molecule has 11 heteroatoms. The lowest BCUT2D eigenvalue weighted by Crippen LogP contribution is -2.35. The molecule has 1 amide bonds. The van der Waals surface area contributed by atoms with Crippen LogP contribution in [0.4, 0.5) is 18.9 Å². The maximum Gasteiger partial charge on any atom is 0.389 e. The molecule has 1 rings (SSSR count). The average molecular weight is 452 g/mol. The number of pyridine rings is 1. The van der Waals surface area contributed by atoms with Gasteiger partial charge < -0.3 is 10.2 Å². The summed E-state index contributed by atoms with van der Waals surface area (Å²) in [4.78, 5) is 18.0. The molecular formula is C18H25ClF3N5OS. The number of halogens is 4. The molecule has 0 atom stereocenters. The number of hydrogen-bond acceptors (Lipinski definition) is 6. The van der Waals surface area contributed by atoms with Gasteiger partial charge in [-0.3, -0.25) is 19.5 Å². The van der Waals surface area contributed by atoms with Crippen molar-refractivity contribution in [1.29, 1.82) is 5.41 Å². The van der Waals surface area contributed by atoms with Crippen molar-refractivity contribution in [2.24, 2.45) is 0 Å². The van der Waals surface area contributed by atoms with Crippen LogP contribution >= 0.6 is 23.5 Å². The van der Waals surface area contributed by atoms with Gasteiger partial charge in [0.05, 0.1) is 17.6 Å². The van der Waals surface area contributed by atoms with Gasteiger partial charge in [0.2, 0.25) is 5.91 Å². The molecule has 29 heavy (non-hydrogen) atoms. The standard InChI is InChI=1S/C18H25ClF3N5OS/c1-3-27(15(17(19)23)13-25-14-6-4-9-24-12-14)16(28)7-11-26(29-2)10-5-8-18(20,21)22/h4,6,9,12-13,23,25H,3,5,7-8,10-11H2,1-2H3/b15-13+,23-17?. The summed E-state index contributed by atoms with van der Waals surface area (Å²) in [7, 11) is 0. The number of nitrogens with zero attached hydrogens (tertiary/aromatic N) is 3. The van der Waals surface area contributed by atoms with Crippen molar-refractivity contribution < 1.29 is 18.0 Å². The highest BCUT2D eigenvalue weighted by molar-refractivity contribution is 7.96. The van der Waals surface area contributed by atoms with E-state index >= 15 is 0 Å². The smallest absolute Gasteiger partial charge is 0.358 e. The van der Waals surface area contributed by atoms with E-state index in [4.69, 9.17) is 17.0 Å². The summed E-state index contributed by atoms with van der Waals surface area (Å²) in [6, 6.07) is 3.51. The van der Waals surface area contributed by atoms with Crippen molar-refractivity contribution in [2.45, 2.75) is 32.4 Å². The Balaban J connectivity index is 2.70. The van der Waals surface area contributed by atoms with Crippen molar-refractivity contribution in [1.82, 2.24) is 14.2 Å². The van der Waals surface area contributed by atoms with Gasteiger partial charge in [0.25, 0.3) is 0 Å². The van der Waals surface area contributed by atoms with Crippen LogP contribution in [0.15, 0.2) is 36.4 Å². The molecule has 0 bridgehead atoms. The summed E-state index contributed by atoms with van der Waals surface area (Å²) in [6.45, 7) is 2.58. The first kappa shape index (κ1) is 25.3. The van der Waals surface area contributed by atoms with Gasteiger partial charge >= 0.3 is 6.18 Å². The van der Waals surface area contributed by atoms with E-state index in [0.29, 0.717) is 18.8 Å². The fraction of sp³-hybridized carbons (Fsp3) is 0.500. The maximum atomic E-state index is 12.7. The minimum atomic E-state index is -4.18. The topological polar surface area (TPSA) is 72.3 Å². The van der Waals surface area contributed by atoms with Gasteiger partial charge in [-0.25, -0.2) is 0 Å². The van der Waals surface area contributed by atoms with E-state index in [1.165, 1.54) is 23.0 Å². The van der Waals surface area contributed by atoms with Gasteiger partial charge in [-0.2, -0.15) is 13.2 Å². The number of anilines is 1. The minimum absolute atomic E-state index is 0.0253. The van der Waals surface area contributed by atoms with Crippen LogP contribution in [0.1, 0.15) is 26.2 Å². The highest BCUT2D eigenvalue weighted by Crippen LogP contribution is 2.22. The number of allylic oxidation sites excluding steroid dienone is 1. The third-order valence-electron chi connectivity index (χ3n) is 3.87. The van der Waals surface area contributed by atoms with E-state index in [1.54, 1.807) is 42.0 Å². The number of hydrogen-bond donors (Lipinski definition) is 2. The Hall–Kier alpha value is -1.78. The first-order valence-electron chi connectivity index (χ1n) is 8.95. The molecule has 0 saturated heterocycles. The highest BCUT2D eigenvalue weighted by Gasteiger charge is 2.26. The highest BCUT2D eigenvalue weighted by atomic mass is 35.5. The molecule has 0 unspecified atom stereocenters. The van der Waals surface area contributed by atoms with Crippen molar-refractivity contribution in [2.75, 3.05) is 31.2 Å². The van der Waals surface area contributed by atoms with Crippen LogP contribution in [0.5, 0.6) is 0 Å². The molecule has 0 spiro atoms. The average Bonchev–Trinajstić information content (AvgIpc) is 2.67. The van der Waals surface area contributed by atoms with Gasteiger partial charge in [0, 0.05) is 44.9 Å². The Bertz CT molecular complexity index is 688. The van der Waals surface area contributed by atoms with Crippen molar-refractivity contribution in [3.8, 4) is 0 Å². The summed E-state index contributed by atoms with van der Waals surface area (Å²) < 4.78 is 38.6. The number of carbonyl (C=O) groups is 1. The molecule has 0 aliphatic carbocycles. The molecule has 0 saturated carbocycles. The Labute approximate surface area is 178 Å². The Morgan fingerprint density at radius 1 is 1.41 bits per heavy atom. The summed E-state index contributed by atoms with van der Waals surface area (Å²) in [5, 5.41) is 10.4. The molecule has 0 fully saturated rings. The van der Waals surface area contributed by atoms with E-state index < -0.39 is 12.6 Å². The molecule has 1 heterocycles. The third kappa shape index (κ3) is 10.00. The van der Waals surface area contributed by atoms with Crippen molar-refractivity contribution >= 4 is 40.3 Å². The fourth-order valence-electron chi connectivity index (χ4n) is 2.45. The summed E-state index contributed by atoms with van der Waals surface area (Å²) in [6.07, 6.45) is 1.46. The molecular weight excluding hydrogens is 427 g/mol. The lowest BCUT2D eigenvalue weighted by atomic mass is 10.2. The largest absolute Gasteiger partial charge is 0.389 e. The van der Waals surface area contributed by atoms with Crippen LogP contribution in [0.25, 0.3) is 0 Å². The van der Waals surface area contributed by atoms with Crippen LogP contribution in [0, 0.1) is 5.41 Å². The van der Waals surface area contributed by atoms with Crippen molar-refractivity contribution in [3.63, 3.8) is 0 Å². The second-order valence-corrected chi connectivity index (χ2v) is 7.21. The van der Waals surface area contributed by atoms with E-state index in [2.05, 4.69) is 10.3 Å². The van der Waals surface area contributed by atoms with E-state index in [1.807, 2.05) is 0 Å². The first-order chi connectivity index (χ1) is 13.7. The first-order valence-corrected chi connectivity index (χ1v) is 10.5. The second kappa shape index (κ2) is 12.7. The number of carbonyl (C=O) groups excluding carboxylic acids is 1. The van der Waals surface area contributed by atoms with Gasteiger partial charge in [-0.1, -0.05) is 23.5 Å². The minimum Gasteiger partial charge on any atom is -0.358 e. The summed E-state index contributed by atoms with van der Waals surface area (Å²) in [5.41, 5.74) is 0.875. The molecule has 1 aromatic rings. The third-order valence-corrected chi connectivity index (χ3v) is 4.95. The zero-order valence-corrected chi connectivity index (χ0v) is 17.9. The van der Waals surface area contributed by atoms with Gasteiger partial charge in [-0.05, 0) is 31.7 Å². The molecule has 0 aliphatic rings. The number of rotatable bonds is 12. The second-order valence-electron chi connectivity index (χ2n) is 5.95. The number of amides is 1. The number of nitrogens with one attached hydrogen (secondary N) is 2. The van der Waals surface area contributed by atoms with E-state index in [-0.39, 0.29) is 36.2 Å². The maximum absolute atomic E-state index is 12.7. The quantitative estimate of drug-likeness (QED) is 0.355. The van der Waals surface area contributed by atoms with Crippen LogP contribution < -0.4 is 5.32 Å². The Kier molecular flexibility index (Phi) is 11.1. The Morgan fingerprint density at radius 2 is 2.14 bits per heavy atom. The SMILES string of the molecule is CCN(C(=O)CCN(CCCC(F)(F)F)SC)/C(=C/Nc1cccnc1)C(=N)Cl. The van der Waals surface area contributed by atoms with E-state index in [0.717, 1.165) is 0 Å². The normalized spacial score (nSPS) is 12.2. The summed E-state index contributed by atoms with van der Waals surface area (Å²) in [5.74, 6) is -0.271. The molecule has 6 nitrogen and oxygen atoms in total. The van der Waals surface area contributed by atoms with Gasteiger partial charge in [0.1, 0.15) is 5.17 Å². The zero-order chi connectivity index (χ0) is 21.9. The summed E-state index contributed by atoms with van der Waals surface area (Å²) >= 11 is 7.17. The molecule has 0 aromatic carbocycles. The van der Waals surface area contributed by atoms with Crippen LogP contribution in [-0.2, 0) is 4.79 Å². The molecule has 162 valence electrons. The lowest BCUT2D eigenvalue weighted by molar-refractivity contribution is -0.136. The number of alkyl halides is 3. The van der Waals surface area contributed by atoms with Gasteiger partial charge in [-0.15, -0.1) is 0 Å². The molecule has 1 aromatic heterocycles. The van der Waals surface area contributed by atoms with Gasteiger partial charge in [0.15, 0.2) is 0 Å². The number of aromatic nitrogens is 1. The predicted molar refractivity (Wildman–Crippen MR) is 112 cm³/mol. The fourth-order valence-corrected chi connectivity index (χ4v) is 3.19. The zero-order valence-electron chi connectivity index (χ0n) is 16.3. The van der Waals surface area contributed by atoms with Crippen LogP contribution in [-0.4, -0.2) is 57.3 Å². The monoisotopic (exact) mass is 451 g/mol. The van der Waals surface area contributed by atoms with Crippen LogP contribution in [0.3, 0.4) is 0 Å². The molecule has 0 aliphatic heterocycles.